The summed E-state index contributed by atoms with van der Waals surface area (Å²) in [5.74, 6) is 0. The Labute approximate surface area is 148 Å². The highest BCUT2D eigenvalue weighted by Gasteiger charge is 2.15. The molecule has 0 aromatic heterocycles. The average molecular weight is 328 g/mol. The van der Waals surface area contributed by atoms with E-state index in [2.05, 4.69) is 79.4 Å². The first kappa shape index (κ1) is 20.4. The minimum absolute atomic E-state index is 0.250. The second-order valence-corrected chi connectivity index (χ2v) is 6.07. The van der Waals surface area contributed by atoms with Gasteiger partial charge in [0.1, 0.15) is 0 Å². The molecule has 1 atom stereocenters. The number of nitrogens with zero attached hydrogens (tertiary/aromatic N) is 1. The minimum Gasteiger partial charge on any atom is -0.397 e. The van der Waals surface area contributed by atoms with Crippen LogP contribution < -0.4 is 0 Å². The fourth-order valence-corrected chi connectivity index (χ4v) is 2.73. The van der Waals surface area contributed by atoms with Gasteiger partial charge in [-0.05, 0) is 37.9 Å². The van der Waals surface area contributed by atoms with E-state index >= 15 is 0 Å². The number of unbranched alkanes of at least 4 members (excludes halogenated alkanes) is 2. The maximum absolute atomic E-state index is 7.57. The highest BCUT2D eigenvalue weighted by Crippen LogP contribution is 2.22. The van der Waals surface area contributed by atoms with Gasteiger partial charge in [-0.2, -0.15) is 0 Å². The van der Waals surface area contributed by atoms with E-state index in [0.717, 1.165) is 6.54 Å². The molecule has 132 valence electrons. The molecule has 1 N–H and O–H groups in total. The number of hydrogen-bond donors (Lipinski definition) is 1. The van der Waals surface area contributed by atoms with Crippen molar-refractivity contribution in [3.05, 3.63) is 71.8 Å². The maximum atomic E-state index is 7.57. The van der Waals surface area contributed by atoms with E-state index < -0.39 is 0 Å². The molecule has 0 aliphatic rings. The van der Waals surface area contributed by atoms with Crippen molar-refractivity contribution in [2.24, 2.45) is 0 Å². The molecule has 0 amide bonds. The van der Waals surface area contributed by atoms with Crippen LogP contribution in [-0.4, -0.2) is 23.2 Å². The van der Waals surface area contributed by atoms with Crippen LogP contribution in [0.3, 0.4) is 0 Å². The van der Waals surface area contributed by atoms with Gasteiger partial charge in [0.05, 0.1) is 0 Å². The van der Waals surface area contributed by atoms with Crippen LogP contribution in [-0.2, 0) is 6.54 Å². The van der Waals surface area contributed by atoms with E-state index in [1.807, 2.05) is 0 Å². The Hall–Kier alpha value is -1.64. The smallest absolute Gasteiger partial charge is 0.0402 e. The standard InChI is InChI=1S/C20H27N.C2H6O/c1-3-4-11-16-21(17-19-12-7-5-8-13-19)18(2)20-14-9-6-10-15-20;1-2-3/h5-10,12-15,18H,3-4,11,16-17H2,1-2H3;3H,2H2,1H3/t18-;/m0./s1. The summed E-state index contributed by atoms with van der Waals surface area (Å²) in [4.78, 5) is 2.60. The second kappa shape index (κ2) is 12.7. The molecule has 0 heterocycles. The molecule has 0 aliphatic heterocycles. The first-order valence-corrected chi connectivity index (χ1v) is 9.16. The topological polar surface area (TPSA) is 23.5 Å². The molecule has 0 saturated carbocycles. The van der Waals surface area contributed by atoms with Gasteiger partial charge in [0.15, 0.2) is 0 Å². The van der Waals surface area contributed by atoms with Crippen molar-refractivity contribution in [1.29, 1.82) is 0 Å². The largest absolute Gasteiger partial charge is 0.397 e. The predicted octanol–water partition coefficient (Wildman–Crippen LogP) is 5.44. The summed E-state index contributed by atoms with van der Waals surface area (Å²) in [5.41, 5.74) is 2.81. The van der Waals surface area contributed by atoms with Crippen LogP contribution in [0.1, 0.15) is 57.2 Å². The van der Waals surface area contributed by atoms with Crippen molar-refractivity contribution in [1.82, 2.24) is 4.90 Å². The molecule has 2 aromatic carbocycles. The summed E-state index contributed by atoms with van der Waals surface area (Å²) < 4.78 is 0. The van der Waals surface area contributed by atoms with Crippen molar-refractivity contribution in [2.75, 3.05) is 13.2 Å². The molecular weight excluding hydrogens is 294 g/mol. The summed E-state index contributed by atoms with van der Waals surface area (Å²) >= 11 is 0. The molecule has 0 spiro atoms. The summed E-state index contributed by atoms with van der Waals surface area (Å²) in [6.45, 7) is 8.71. The number of aliphatic hydroxyl groups is 1. The fourth-order valence-electron chi connectivity index (χ4n) is 2.73. The first-order valence-electron chi connectivity index (χ1n) is 9.16. The van der Waals surface area contributed by atoms with Crippen molar-refractivity contribution < 1.29 is 5.11 Å². The van der Waals surface area contributed by atoms with Crippen molar-refractivity contribution in [3.8, 4) is 0 Å². The molecule has 2 aromatic rings. The van der Waals surface area contributed by atoms with Crippen molar-refractivity contribution in [2.45, 2.75) is 52.6 Å². The van der Waals surface area contributed by atoms with Gasteiger partial charge in [-0.15, -0.1) is 0 Å². The second-order valence-electron chi connectivity index (χ2n) is 6.07. The van der Waals surface area contributed by atoms with Gasteiger partial charge in [-0.1, -0.05) is 80.4 Å². The molecular formula is C22H33NO. The summed E-state index contributed by atoms with van der Waals surface area (Å²) in [5, 5.41) is 7.57. The van der Waals surface area contributed by atoms with Gasteiger partial charge in [0, 0.05) is 19.2 Å². The molecule has 24 heavy (non-hydrogen) atoms. The number of benzene rings is 2. The lowest BCUT2D eigenvalue weighted by molar-refractivity contribution is 0.197. The van der Waals surface area contributed by atoms with Crippen LogP contribution in [0.25, 0.3) is 0 Å². The summed E-state index contributed by atoms with van der Waals surface area (Å²) in [7, 11) is 0. The zero-order valence-corrected chi connectivity index (χ0v) is 15.5. The first-order chi connectivity index (χ1) is 11.7. The molecule has 0 saturated heterocycles. The van der Waals surface area contributed by atoms with Gasteiger partial charge in [-0.25, -0.2) is 0 Å². The van der Waals surface area contributed by atoms with E-state index in [-0.39, 0.29) is 6.61 Å². The Bertz CT molecular complexity index is 512. The van der Waals surface area contributed by atoms with Crippen LogP contribution >= 0.6 is 0 Å². The van der Waals surface area contributed by atoms with Gasteiger partial charge in [0.25, 0.3) is 0 Å². The Morgan fingerprint density at radius 1 is 0.875 bits per heavy atom. The summed E-state index contributed by atoms with van der Waals surface area (Å²) in [6.07, 6.45) is 3.87. The van der Waals surface area contributed by atoms with Gasteiger partial charge >= 0.3 is 0 Å². The lowest BCUT2D eigenvalue weighted by Crippen LogP contribution is -2.27. The average Bonchev–Trinajstić information content (AvgIpc) is 2.63. The Kier molecular flexibility index (Phi) is 10.8. The molecule has 2 rings (SSSR count). The van der Waals surface area contributed by atoms with Crippen LogP contribution in [0.15, 0.2) is 60.7 Å². The zero-order valence-electron chi connectivity index (χ0n) is 15.5. The van der Waals surface area contributed by atoms with Crippen LogP contribution in [0.2, 0.25) is 0 Å². The van der Waals surface area contributed by atoms with E-state index in [4.69, 9.17) is 5.11 Å². The Morgan fingerprint density at radius 2 is 1.42 bits per heavy atom. The minimum atomic E-state index is 0.250. The van der Waals surface area contributed by atoms with Crippen LogP contribution in [0.5, 0.6) is 0 Å². The quantitative estimate of drug-likeness (QED) is 0.653. The Balaban J connectivity index is 0.000000891. The van der Waals surface area contributed by atoms with E-state index in [0.29, 0.717) is 6.04 Å². The van der Waals surface area contributed by atoms with Crippen molar-refractivity contribution >= 4 is 0 Å². The highest BCUT2D eigenvalue weighted by molar-refractivity contribution is 5.20. The molecule has 2 nitrogen and oxygen atoms in total. The number of hydrogen-bond acceptors (Lipinski definition) is 2. The molecule has 0 fully saturated rings. The SMILES string of the molecule is CCCCCN(Cc1ccccc1)[C@@H](C)c1ccccc1.CCO. The van der Waals surface area contributed by atoms with Gasteiger partial charge in [-0.3, -0.25) is 4.90 Å². The molecule has 0 aliphatic carbocycles. The van der Waals surface area contributed by atoms with Crippen LogP contribution in [0, 0.1) is 0 Å². The van der Waals surface area contributed by atoms with E-state index in [1.165, 1.54) is 36.9 Å². The third-order valence-corrected chi connectivity index (χ3v) is 4.11. The van der Waals surface area contributed by atoms with Crippen molar-refractivity contribution in [3.63, 3.8) is 0 Å². The van der Waals surface area contributed by atoms with Gasteiger partial charge in [0.2, 0.25) is 0 Å². The van der Waals surface area contributed by atoms with E-state index in [9.17, 15) is 0 Å². The number of rotatable bonds is 8. The Morgan fingerprint density at radius 3 is 1.96 bits per heavy atom. The monoisotopic (exact) mass is 327 g/mol. The number of aliphatic hydroxyl groups excluding tert-OH is 1. The fraction of sp³-hybridized carbons (Fsp3) is 0.455. The molecule has 0 radical (unpaired) electrons. The third-order valence-electron chi connectivity index (χ3n) is 4.11. The van der Waals surface area contributed by atoms with E-state index in [1.54, 1.807) is 6.92 Å². The highest BCUT2D eigenvalue weighted by atomic mass is 16.2. The third kappa shape index (κ3) is 7.76. The molecule has 0 unspecified atom stereocenters. The normalized spacial score (nSPS) is 11.7. The predicted molar refractivity (Wildman–Crippen MR) is 104 cm³/mol. The zero-order chi connectivity index (χ0) is 17.6. The van der Waals surface area contributed by atoms with Crippen LogP contribution in [0.4, 0.5) is 0 Å². The lowest BCUT2D eigenvalue weighted by Gasteiger charge is -2.29. The lowest BCUT2D eigenvalue weighted by atomic mass is 10.1. The maximum Gasteiger partial charge on any atom is 0.0402 e. The summed E-state index contributed by atoms with van der Waals surface area (Å²) in [6, 6.07) is 22.1. The van der Waals surface area contributed by atoms with Gasteiger partial charge < -0.3 is 5.11 Å². The molecule has 0 bridgehead atoms. The molecule has 2 heteroatoms.